The number of para-hydroxylation sites is 3. The zero-order valence-corrected chi connectivity index (χ0v) is 44.4. The molecule has 6 aromatic carbocycles. The third-order valence-electron chi connectivity index (χ3n) is 13.9. The van der Waals surface area contributed by atoms with Crippen molar-refractivity contribution in [3.8, 4) is 45.6 Å². The van der Waals surface area contributed by atoms with Gasteiger partial charge in [-0.1, -0.05) is 167 Å². The van der Waals surface area contributed by atoms with Crippen molar-refractivity contribution in [3.63, 3.8) is 0 Å². The summed E-state index contributed by atoms with van der Waals surface area (Å²) >= 11 is 0. The number of rotatable bonds is 5. The molecule has 5 heterocycles. The Kier molecular flexibility index (Phi) is 11.0. The quantitative estimate of drug-likeness (QED) is 0.174. The van der Waals surface area contributed by atoms with Gasteiger partial charge in [0.25, 0.3) is 0 Å². The molecule has 0 bridgehead atoms. The molecule has 0 spiro atoms. The van der Waals surface area contributed by atoms with E-state index in [0.717, 1.165) is 83.4 Å². The predicted molar refractivity (Wildman–Crippen MR) is 285 cm³/mol. The Morgan fingerprint density at radius 1 is 0.514 bits per heavy atom. The van der Waals surface area contributed by atoms with Gasteiger partial charge in [0.2, 0.25) is 5.78 Å². The Labute approximate surface area is 424 Å². The number of phenols is 1. The van der Waals surface area contributed by atoms with Crippen molar-refractivity contribution in [1.29, 1.82) is 0 Å². The molecule has 8 nitrogen and oxygen atoms in total. The summed E-state index contributed by atoms with van der Waals surface area (Å²) in [5, 5.41) is 14.7. The number of hydrogen-bond donors (Lipinski definition) is 1. The Balaban J connectivity index is 0.00000567. The van der Waals surface area contributed by atoms with Gasteiger partial charge in [0.1, 0.15) is 11.6 Å². The van der Waals surface area contributed by atoms with Crippen LogP contribution in [0.2, 0.25) is 0 Å². The van der Waals surface area contributed by atoms with E-state index in [2.05, 4.69) is 235 Å². The monoisotopic (exact) mass is 1100 g/mol. The van der Waals surface area contributed by atoms with Crippen molar-refractivity contribution in [2.45, 2.75) is 105 Å². The minimum atomic E-state index is -0.349. The SMILES string of the molecule is CC(C)(C)c1ccnc(-n2c3[c-]c4c(cc3n3c5ccccc5nc23)c2ccccc2n4-c2cn(-c3ccc(C(C)(C)C)cc3-c3ccccc3)c(-c3cc(C(C)(C)C)cc(C(C)(C)C)c3O)n2)c1.[Pt]. The van der Waals surface area contributed by atoms with Crippen LogP contribution in [-0.4, -0.2) is 38.2 Å². The van der Waals surface area contributed by atoms with Gasteiger partial charge in [-0.2, -0.15) is 0 Å². The normalized spacial score (nSPS) is 12.8. The first kappa shape index (κ1) is 46.9. The first-order chi connectivity index (χ1) is 32.7. The van der Waals surface area contributed by atoms with Crippen LogP contribution in [-0.2, 0) is 42.7 Å². The largest absolute Gasteiger partial charge is 0.507 e. The standard InChI is InChI=1S/C61H60N7O.Pt/c1-58(2,3)38-26-27-47(42(30-38)37-20-14-13-15-21-37)65-36-54(64-56(65)44-31-40(60(7,8)9)32-45(55(44)69)61(10,11)12)66-48-24-18-16-22-41(48)43-34-51-52(35-50(43)66)68(53-33-39(28-29-62-53)59(4,5)6)57-63-46-23-17-19-25-49(46)67(51)57;/h13-34,36,69H,1-12H3;/q-1;. The van der Waals surface area contributed by atoms with E-state index < -0.39 is 0 Å². The van der Waals surface area contributed by atoms with E-state index >= 15 is 0 Å². The molecule has 0 aliphatic rings. The van der Waals surface area contributed by atoms with E-state index in [-0.39, 0.29) is 48.5 Å². The second kappa shape index (κ2) is 16.4. The number of phenolic OH excluding ortho intramolecular Hbond substituents is 1. The smallest absolute Gasteiger partial charge is 0.208 e. The molecule has 0 amide bonds. The molecule has 5 aromatic heterocycles. The first-order valence-electron chi connectivity index (χ1n) is 24.1. The van der Waals surface area contributed by atoms with Crippen LogP contribution in [0.3, 0.4) is 0 Å². The molecule has 356 valence electrons. The number of pyridine rings is 1. The van der Waals surface area contributed by atoms with Crippen molar-refractivity contribution >= 4 is 49.7 Å². The van der Waals surface area contributed by atoms with Crippen molar-refractivity contribution in [3.05, 3.63) is 168 Å². The molecule has 0 fully saturated rings. The summed E-state index contributed by atoms with van der Waals surface area (Å²) in [6.45, 7) is 26.6. The minimum Gasteiger partial charge on any atom is -0.507 e. The summed E-state index contributed by atoms with van der Waals surface area (Å²) in [6.07, 6.45) is 4.04. The van der Waals surface area contributed by atoms with E-state index in [1.54, 1.807) is 0 Å². The third kappa shape index (κ3) is 7.67. The van der Waals surface area contributed by atoms with Crippen LogP contribution >= 0.6 is 0 Å². The van der Waals surface area contributed by atoms with Crippen LogP contribution in [0.15, 0.2) is 140 Å². The molecule has 0 atom stereocenters. The number of nitrogens with zero attached hydrogens (tertiary/aromatic N) is 7. The molecule has 11 rings (SSSR count). The number of aromatic nitrogens is 7. The summed E-state index contributed by atoms with van der Waals surface area (Å²) in [5.74, 6) is 3.12. The molecule has 11 aromatic rings. The first-order valence-corrected chi connectivity index (χ1v) is 24.1. The topological polar surface area (TPSA) is 78.1 Å². The van der Waals surface area contributed by atoms with Gasteiger partial charge >= 0.3 is 0 Å². The molecule has 0 aliphatic heterocycles. The molecular weight excluding hydrogens is 1040 g/mol. The van der Waals surface area contributed by atoms with Gasteiger partial charge < -0.3 is 14.1 Å². The maximum atomic E-state index is 12.6. The van der Waals surface area contributed by atoms with E-state index in [1.807, 2.05) is 12.3 Å². The number of fused-ring (bicyclic) bond motifs is 8. The maximum Gasteiger partial charge on any atom is 0.208 e. The molecule has 1 N–H and O–H groups in total. The minimum absolute atomic E-state index is 0. The summed E-state index contributed by atoms with van der Waals surface area (Å²) in [5.41, 5.74) is 13.1. The molecule has 70 heavy (non-hydrogen) atoms. The second-order valence-corrected chi connectivity index (χ2v) is 22.9. The van der Waals surface area contributed by atoms with Crippen LogP contribution < -0.4 is 0 Å². The zero-order chi connectivity index (χ0) is 48.5. The molecule has 0 aliphatic carbocycles. The average molecular weight is 1100 g/mol. The molecule has 0 saturated heterocycles. The Morgan fingerprint density at radius 2 is 1.16 bits per heavy atom. The molecular formula is C61H60N7OPt-. The Morgan fingerprint density at radius 3 is 1.86 bits per heavy atom. The zero-order valence-electron chi connectivity index (χ0n) is 42.2. The molecule has 0 radical (unpaired) electrons. The number of benzene rings is 6. The molecule has 0 unspecified atom stereocenters. The summed E-state index contributed by atoms with van der Waals surface area (Å²) in [4.78, 5) is 16.0. The van der Waals surface area contributed by atoms with Crippen LogP contribution in [0.5, 0.6) is 5.75 Å². The van der Waals surface area contributed by atoms with E-state index in [0.29, 0.717) is 17.2 Å². The summed E-state index contributed by atoms with van der Waals surface area (Å²) in [7, 11) is 0. The van der Waals surface area contributed by atoms with Crippen molar-refractivity contribution in [2.24, 2.45) is 0 Å². The van der Waals surface area contributed by atoms with E-state index in [1.165, 1.54) is 11.1 Å². The van der Waals surface area contributed by atoms with Crippen LogP contribution in [0.1, 0.15) is 105 Å². The van der Waals surface area contributed by atoms with Crippen LogP contribution in [0, 0.1) is 6.07 Å². The van der Waals surface area contributed by atoms with Gasteiger partial charge in [0.05, 0.1) is 28.5 Å². The van der Waals surface area contributed by atoms with Gasteiger partial charge in [-0.3, -0.25) is 9.13 Å². The number of imidazole rings is 3. The van der Waals surface area contributed by atoms with Gasteiger partial charge in [0, 0.05) is 43.9 Å². The summed E-state index contributed by atoms with van der Waals surface area (Å²) < 4.78 is 8.84. The van der Waals surface area contributed by atoms with Crippen LogP contribution in [0.25, 0.3) is 89.5 Å². The Hall–Kier alpha value is -6.76. The Bertz CT molecular complexity index is 3840. The van der Waals surface area contributed by atoms with Crippen molar-refractivity contribution in [1.82, 2.24) is 33.1 Å². The maximum absolute atomic E-state index is 12.6. The van der Waals surface area contributed by atoms with Crippen LogP contribution in [0.4, 0.5) is 0 Å². The van der Waals surface area contributed by atoms with Gasteiger partial charge in [-0.15, -0.1) is 12.1 Å². The second-order valence-electron chi connectivity index (χ2n) is 22.9. The number of hydrogen-bond acceptors (Lipinski definition) is 4. The predicted octanol–water partition coefficient (Wildman–Crippen LogP) is 15.1. The van der Waals surface area contributed by atoms with Crippen molar-refractivity contribution < 1.29 is 26.2 Å². The van der Waals surface area contributed by atoms with Gasteiger partial charge in [-0.05, 0) is 109 Å². The van der Waals surface area contributed by atoms with Gasteiger partial charge in [0.15, 0.2) is 11.6 Å². The fourth-order valence-electron chi connectivity index (χ4n) is 9.94. The fraction of sp³-hybridized carbons (Fsp3) is 0.262. The van der Waals surface area contributed by atoms with Crippen molar-refractivity contribution in [2.75, 3.05) is 0 Å². The summed E-state index contributed by atoms with van der Waals surface area (Å²) in [6, 6.07) is 49.1. The van der Waals surface area contributed by atoms with E-state index in [9.17, 15) is 5.11 Å². The third-order valence-corrected chi connectivity index (χ3v) is 13.9. The number of aromatic hydroxyl groups is 1. The molecule has 9 heteroatoms. The average Bonchev–Trinajstić information content (AvgIpc) is 4.06. The van der Waals surface area contributed by atoms with E-state index in [4.69, 9.17) is 15.0 Å². The fourth-order valence-corrected chi connectivity index (χ4v) is 9.94. The molecule has 0 saturated carbocycles. The van der Waals surface area contributed by atoms with Gasteiger partial charge in [-0.25, -0.2) is 15.0 Å².